The van der Waals surface area contributed by atoms with Crippen molar-refractivity contribution in [2.24, 2.45) is 12.0 Å². The van der Waals surface area contributed by atoms with Crippen molar-refractivity contribution in [1.29, 1.82) is 0 Å². The van der Waals surface area contributed by atoms with Gasteiger partial charge >= 0.3 is 15.5 Å². The third kappa shape index (κ3) is 5.83. The van der Waals surface area contributed by atoms with Crippen LogP contribution in [0.5, 0.6) is 0 Å². The average Bonchev–Trinajstić information content (AvgIpc) is 3.00. The van der Waals surface area contributed by atoms with Crippen molar-refractivity contribution < 1.29 is 21.6 Å². The fraction of sp³-hybridized carbons (Fsp3) is 0.733. The van der Waals surface area contributed by atoms with Gasteiger partial charge in [-0.1, -0.05) is 0 Å². The van der Waals surface area contributed by atoms with Crippen LogP contribution in [0.3, 0.4) is 0 Å². The van der Waals surface area contributed by atoms with Gasteiger partial charge in [0.2, 0.25) is 0 Å². The zero-order chi connectivity index (χ0) is 20.1. The lowest BCUT2D eigenvalue weighted by atomic mass is 10.1. The topological polar surface area (TPSA) is 91.6 Å². The van der Waals surface area contributed by atoms with E-state index in [2.05, 4.69) is 20.7 Å². The number of guanidine groups is 1. The molecule has 0 saturated carbocycles. The molecule has 0 unspecified atom stereocenters. The number of piperidine rings is 1. The van der Waals surface area contributed by atoms with Gasteiger partial charge in [0, 0.05) is 45.5 Å². The van der Waals surface area contributed by atoms with Crippen LogP contribution in [0.25, 0.3) is 0 Å². The van der Waals surface area contributed by atoms with E-state index in [1.807, 2.05) is 20.2 Å². The molecule has 1 aromatic heterocycles. The smallest absolute Gasteiger partial charge is 0.357 e. The second-order valence-corrected chi connectivity index (χ2v) is 8.23. The van der Waals surface area contributed by atoms with Gasteiger partial charge < -0.3 is 10.6 Å². The summed E-state index contributed by atoms with van der Waals surface area (Å²) in [7, 11) is -3.42. The molecule has 27 heavy (non-hydrogen) atoms. The van der Waals surface area contributed by atoms with Gasteiger partial charge in [-0.15, -0.1) is 0 Å². The maximum absolute atomic E-state index is 12.6. The lowest BCUT2D eigenvalue weighted by Crippen LogP contribution is -2.51. The van der Waals surface area contributed by atoms with Crippen molar-refractivity contribution in [3.8, 4) is 0 Å². The highest BCUT2D eigenvalue weighted by molar-refractivity contribution is 7.90. The molecule has 0 radical (unpaired) electrons. The first-order valence-corrected chi connectivity index (χ1v) is 10.2. The third-order valence-electron chi connectivity index (χ3n) is 4.20. The Morgan fingerprint density at radius 2 is 2.04 bits per heavy atom. The van der Waals surface area contributed by atoms with E-state index < -0.39 is 15.5 Å². The number of rotatable bonds is 6. The summed E-state index contributed by atoms with van der Waals surface area (Å²) in [4.78, 5) is 4.46. The van der Waals surface area contributed by atoms with Crippen molar-refractivity contribution in [2.45, 2.75) is 37.7 Å². The molecule has 0 aromatic carbocycles. The molecule has 12 heteroatoms. The van der Waals surface area contributed by atoms with Crippen LogP contribution in [0.15, 0.2) is 17.4 Å². The van der Waals surface area contributed by atoms with Crippen LogP contribution in [-0.4, -0.2) is 66.2 Å². The largest absolute Gasteiger partial charge is 0.511 e. The zero-order valence-corrected chi connectivity index (χ0v) is 16.1. The molecule has 2 rings (SSSR count). The fourth-order valence-electron chi connectivity index (χ4n) is 2.80. The molecule has 1 aromatic rings. The number of hydrogen-bond acceptors (Lipinski definition) is 4. The summed E-state index contributed by atoms with van der Waals surface area (Å²) in [6, 6.07) is -0.138. The van der Waals surface area contributed by atoms with Gasteiger partial charge in [0.15, 0.2) is 5.96 Å². The number of aliphatic imine (C=N–C) groups is 1. The average molecular weight is 410 g/mol. The lowest BCUT2D eigenvalue weighted by Gasteiger charge is -2.32. The Hall–Kier alpha value is -1.82. The maximum Gasteiger partial charge on any atom is 0.511 e. The van der Waals surface area contributed by atoms with Crippen LogP contribution >= 0.6 is 0 Å². The van der Waals surface area contributed by atoms with E-state index in [0.29, 0.717) is 29.8 Å². The van der Waals surface area contributed by atoms with Crippen LogP contribution in [0, 0.1) is 0 Å². The highest BCUT2D eigenvalue weighted by atomic mass is 32.2. The summed E-state index contributed by atoms with van der Waals surface area (Å²) < 4.78 is 63.0. The predicted octanol–water partition coefficient (Wildman–Crippen LogP) is 0.832. The Kier molecular flexibility index (Phi) is 7.09. The summed E-state index contributed by atoms with van der Waals surface area (Å²) in [6.07, 6.45) is 4.96. The Balaban J connectivity index is 1.87. The first-order valence-electron chi connectivity index (χ1n) is 8.72. The second-order valence-electron chi connectivity index (χ2n) is 6.30. The number of nitrogens with zero attached hydrogens (tertiary/aromatic N) is 4. The summed E-state index contributed by atoms with van der Waals surface area (Å²) in [5.74, 6) is 0.568. The van der Waals surface area contributed by atoms with Gasteiger partial charge in [0.05, 0.1) is 6.20 Å². The Labute approximate surface area is 156 Å². The third-order valence-corrected chi connectivity index (χ3v) is 5.83. The highest BCUT2D eigenvalue weighted by Gasteiger charge is 2.50. The normalized spacial score (nSPS) is 17.9. The lowest BCUT2D eigenvalue weighted by molar-refractivity contribution is -0.0494. The summed E-state index contributed by atoms with van der Waals surface area (Å²) in [5, 5.41) is 10.4. The van der Waals surface area contributed by atoms with Crippen LogP contribution in [0.4, 0.5) is 13.2 Å². The standard InChI is InChI=1S/C15H25F3N6O2S/c1-3-19-14(20-7-4-12-10-21-23(2)11-12)22-13-5-8-24(9-6-13)27(25,26)15(16,17)18/h10-11,13H,3-9H2,1-2H3,(H2,19,20,22). The number of sulfonamides is 1. The summed E-state index contributed by atoms with van der Waals surface area (Å²) in [6.45, 7) is 2.74. The van der Waals surface area contributed by atoms with Crippen LogP contribution in [-0.2, 0) is 23.5 Å². The molecule has 1 aliphatic rings. The number of nitrogens with one attached hydrogen (secondary N) is 2. The molecule has 2 heterocycles. The molecule has 1 saturated heterocycles. The Morgan fingerprint density at radius 1 is 1.37 bits per heavy atom. The van der Waals surface area contributed by atoms with E-state index in [0.717, 1.165) is 5.56 Å². The molecule has 8 nitrogen and oxygen atoms in total. The molecule has 0 amide bonds. The summed E-state index contributed by atoms with van der Waals surface area (Å²) in [5.41, 5.74) is -4.20. The van der Waals surface area contributed by atoms with E-state index in [9.17, 15) is 21.6 Å². The van der Waals surface area contributed by atoms with Gasteiger partial charge in [-0.3, -0.25) is 9.67 Å². The number of aromatic nitrogens is 2. The molecule has 0 atom stereocenters. The van der Waals surface area contributed by atoms with Gasteiger partial charge in [0.25, 0.3) is 0 Å². The van der Waals surface area contributed by atoms with Gasteiger partial charge in [0.1, 0.15) is 0 Å². The number of aryl methyl sites for hydroxylation is 1. The minimum Gasteiger partial charge on any atom is -0.357 e. The second kappa shape index (κ2) is 8.91. The molecule has 1 fully saturated rings. The van der Waals surface area contributed by atoms with Gasteiger partial charge in [-0.05, 0) is 31.7 Å². The van der Waals surface area contributed by atoms with E-state index >= 15 is 0 Å². The minimum atomic E-state index is -5.25. The summed E-state index contributed by atoms with van der Waals surface area (Å²) >= 11 is 0. The number of halogens is 3. The van der Waals surface area contributed by atoms with Gasteiger partial charge in [-0.2, -0.15) is 22.6 Å². The van der Waals surface area contributed by atoms with E-state index in [-0.39, 0.29) is 32.0 Å². The molecule has 0 aliphatic carbocycles. The van der Waals surface area contributed by atoms with Crippen molar-refractivity contribution in [3.05, 3.63) is 18.0 Å². The van der Waals surface area contributed by atoms with Crippen molar-refractivity contribution >= 4 is 16.0 Å². The van der Waals surface area contributed by atoms with Crippen molar-refractivity contribution in [1.82, 2.24) is 24.7 Å². The van der Waals surface area contributed by atoms with Gasteiger partial charge in [-0.25, -0.2) is 8.42 Å². The van der Waals surface area contributed by atoms with Crippen molar-refractivity contribution in [2.75, 3.05) is 26.2 Å². The quantitative estimate of drug-likeness (QED) is 0.536. The minimum absolute atomic E-state index is 0.138. The highest BCUT2D eigenvalue weighted by Crippen LogP contribution is 2.28. The molecule has 0 spiro atoms. The number of alkyl halides is 3. The predicted molar refractivity (Wildman–Crippen MR) is 95.6 cm³/mol. The van der Waals surface area contributed by atoms with E-state index in [1.165, 1.54) is 0 Å². The molecule has 2 N–H and O–H groups in total. The molecular weight excluding hydrogens is 385 g/mol. The zero-order valence-electron chi connectivity index (χ0n) is 15.3. The monoisotopic (exact) mass is 410 g/mol. The Morgan fingerprint density at radius 3 is 2.56 bits per heavy atom. The molecule has 154 valence electrons. The molecule has 0 bridgehead atoms. The SMILES string of the molecule is CCNC(=NCCc1cnn(C)c1)NC1CCN(S(=O)(=O)C(F)(F)F)CC1. The van der Waals surface area contributed by atoms with Crippen LogP contribution in [0.2, 0.25) is 0 Å². The van der Waals surface area contributed by atoms with Crippen LogP contribution < -0.4 is 10.6 Å². The number of hydrogen-bond donors (Lipinski definition) is 2. The molecule has 1 aliphatic heterocycles. The van der Waals surface area contributed by atoms with E-state index in [1.54, 1.807) is 10.9 Å². The molecular formula is C15H25F3N6O2S. The first kappa shape index (κ1) is 21.5. The van der Waals surface area contributed by atoms with Crippen molar-refractivity contribution in [3.63, 3.8) is 0 Å². The first-order chi connectivity index (χ1) is 12.6. The fourth-order valence-corrected chi connectivity index (χ4v) is 3.78. The Bertz CT molecular complexity index is 739. The maximum atomic E-state index is 12.6. The van der Waals surface area contributed by atoms with E-state index in [4.69, 9.17) is 0 Å². The van der Waals surface area contributed by atoms with Crippen LogP contribution in [0.1, 0.15) is 25.3 Å².